The molecule has 1 aliphatic rings. The molecule has 128 valence electrons. The van der Waals surface area contributed by atoms with Crippen molar-refractivity contribution in [1.82, 2.24) is 20.1 Å². The second-order valence-electron chi connectivity index (χ2n) is 5.56. The highest BCUT2D eigenvalue weighted by molar-refractivity contribution is 7.91. The molecule has 9 heteroatoms. The number of nitrogens with one attached hydrogen (secondary N) is 1. The molecule has 0 unspecified atom stereocenters. The van der Waals surface area contributed by atoms with Crippen molar-refractivity contribution in [3.8, 4) is 0 Å². The molecule has 0 bridgehead atoms. The quantitative estimate of drug-likeness (QED) is 0.834. The molecule has 1 aromatic heterocycles. The maximum Gasteiger partial charge on any atom is 0.223 e. The monoisotopic (exact) mass is 349 g/mol. The van der Waals surface area contributed by atoms with Crippen LogP contribution in [0.4, 0.5) is 5.95 Å². The van der Waals surface area contributed by atoms with Gasteiger partial charge in [0.05, 0.1) is 10.6 Å². The summed E-state index contributed by atoms with van der Waals surface area (Å²) in [7, 11) is -3.42. The van der Waals surface area contributed by atoms with E-state index in [-0.39, 0.29) is 23.0 Å². The molecule has 1 amide bonds. The molecular formula is C15H19N5O3S. The SMILES string of the molecule is O=C(CCS(=O)(=O)c1ccccc1)N1CCN(c2ncn[nH]2)CC1. The van der Waals surface area contributed by atoms with Gasteiger partial charge in [-0.3, -0.25) is 4.79 Å². The Balaban J connectivity index is 1.51. The van der Waals surface area contributed by atoms with Crippen molar-refractivity contribution in [2.75, 3.05) is 36.8 Å². The van der Waals surface area contributed by atoms with Crippen molar-refractivity contribution >= 4 is 21.7 Å². The zero-order chi connectivity index (χ0) is 17.0. The Bertz CT molecular complexity index is 769. The molecule has 8 nitrogen and oxygen atoms in total. The highest BCUT2D eigenvalue weighted by Gasteiger charge is 2.24. The van der Waals surface area contributed by atoms with E-state index in [1.165, 1.54) is 6.33 Å². The molecule has 0 radical (unpaired) electrons. The number of benzene rings is 1. The van der Waals surface area contributed by atoms with E-state index in [9.17, 15) is 13.2 Å². The topological polar surface area (TPSA) is 99.3 Å². The first-order valence-electron chi connectivity index (χ1n) is 7.72. The van der Waals surface area contributed by atoms with Crippen LogP contribution in [-0.4, -0.2) is 66.3 Å². The van der Waals surface area contributed by atoms with Crippen molar-refractivity contribution in [2.45, 2.75) is 11.3 Å². The van der Waals surface area contributed by atoms with Crippen LogP contribution in [0.3, 0.4) is 0 Å². The van der Waals surface area contributed by atoms with E-state index in [2.05, 4.69) is 15.2 Å². The summed E-state index contributed by atoms with van der Waals surface area (Å²) in [6.07, 6.45) is 1.45. The normalized spacial score (nSPS) is 15.5. The molecule has 1 aliphatic heterocycles. The van der Waals surface area contributed by atoms with Gasteiger partial charge in [-0.05, 0) is 12.1 Å². The number of aromatic amines is 1. The number of carbonyl (C=O) groups excluding carboxylic acids is 1. The summed E-state index contributed by atoms with van der Waals surface area (Å²) in [5.74, 6) is 0.388. The van der Waals surface area contributed by atoms with Crippen LogP contribution in [0.2, 0.25) is 0 Å². The predicted molar refractivity (Wildman–Crippen MR) is 88.3 cm³/mol. The Morgan fingerprint density at radius 3 is 2.46 bits per heavy atom. The number of hydrogen-bond donors (Lipinski definition) is 1. The van der Waals surface area contributed by atoms with Crippen molar-refractivity contribution in [3.63, 3.8) is 0 Å². The number of hydrogen-bond acceptors (Lipinski definition) is 6. The first-order chi connectivity index (χ1) is 11.6. The zero-order valence-electron chi connectivity index (χ0n) is 13.1. The minimum atomic E-state index is -3.42. The van der Waals surface area contributed by atoms with E-state index in [1.807, 2.05) is 4.90 Å². The number of carbonyl (C=O) groups is 1. The maximum absolute atomic E-state index is 12.3. The van der Waals surface area contributed by atoms with Crippen LogP contribution < -0.4 is 4.90 Å². The van der Waals surface area contributed by atoms with Crippen molar-refractivity contribution in [1.29, 1.82) is 0 Å². The van der Waals surface area contributed by atoms with Gasteiger partial charge in [-0.15, -0.1) is 0 Å². The zero-order valence-corrected chi connectivity index (χ0v) is 13.9. The summed E-state index contributed by atoms with van der Waals surface area (Å²) in [6.45, 7) is 2.38. The Morgan fingerprint density at radius 1 is 1.12 bits per heavy atom. The predicted octanol–water partition coefficient (Wildman–Crippen LogP) is 0.317. The summed E-state index contributed by atoms with van der Waals surface area (Å²) in [5, 5.41) is 6.61. The summed E-state index contributed by atoms with van der Waals surface area (Å²) in [5.41, 5.74) is 0. The number of amides is 1. The van der Waals surface area contributed by atoms with Gasteiger partial charge >= 0.3 is 0 Å². The fourth-order valence-corrected chi connectivity index (χ4v) is 3.90. The van der Waals surface area contributed by atoms with Gasteiger partial charge in [0.15, 0.2) is 9.84 Å². The first-order valence-corrected chi connectivity index (χ1v) is 9.37. The molecule has 0 spiro atoms. The lowest BCUT2D eigenvalue weighted by Crippen LogP contribution is -2.49. The third kappa shape index (κ3) is 3.73. The minimum absolute atomic E-state index is 0.000461. The fraction of sp³-hybridized carbons (Fsp3) is 0.400. The van der Waals surface area contributed by atoms with Crippen LogP contribution in [0.5, 0.6) is 0 Å². The minimum Gasteiger partial charge on any atom is -0.339 e. The van der Waals surface area contributed by atoms with Gasteiger partial charge in [-0.1, -0.05) is 18.2 Å². The van der Waals surface area contributed by atoms with Gasteiger partial charge in [-0.25, -0.2) is 13.5 Å². The Kier molecular flexibility index (Phi) is 4.79. The molecule has 24 heavy (non-hydrogen) atoms. The molecule has 1 N–H and O–H groups in total. The van der Waals surface area contributed by atoms with Gasteiger partial charge in [0.1, 0.15) is 6.33 Å². The number of sulfone groups is 1. The van der Waals surface area contributed by atoms with Crippen LogP contribution >= 0.6 is 0 Å². The average Bonchev–Trinajstić information content (AvgIpc) is 3.15. The molecule has 1 saturated heterocycles. The number of piperazine rings is 1. The van der Waals surface area contributed by atoms with Crippen LogP contribution in [0.1, 0.15) is 6.42 Å². The van der Waals surface area contributed by atoms with Gasteiger partial charge in [-0.2, -0.15) is 10.1 Å². The highest BCUT2D eigenvalue weighted by Crippen LogP contribution is 2.13. The summed E-state index contributed by atoms with van der Waals surface area (Å²) >= 11 is 0. The maximum atomic E-state index is 12.3. The largest absolute Gasteiger partial charge is 0.339 e. The van der Waals surface area contributed by atoms with Crippen LogP contribution in [0, 0.1) is 0 Å². The molecule has 1 fully saturated rings. The van der Waals surface area contributed by atoms with E-state index < -0.39 is 9.84 Å². The second-order valence-corrected chi connectivity index (χ2v) is 7.67. The van der Waals surface area contributed by atoms with E-state index >= 15 is 0 Å². The summed E-state index contributed by atoms with van der Waals surface area (Å²) in [6, 6.07) is 8.22. The molecule has 0 aliphatic carbocycles. The lowest BCUT2D eigenvalue weighted by Gasteiger charge is -2.34. The summed E-state index contributed by atoms with van der Waals surface area (Å²) in [4.78, 5) is 20.3. The van der Waals surface area contributed by atoms with Gasteiger partial charge in [0.25, 0.3) is 0 Å². The fourth-order valence-electron chi connectivity index (χ4n) is 2.64. The summed E-state index contributed by atoms with van der Waals surface area (Å²) < 4.78 is 24.5. The number of nitrogens with zero attached hydrogens (tertiary/aromatic N) is 4. The van der Waals surface area contributed by atoms with E-state index in [0.717, 1.165) is 0 Å². The smallest absolute Gasteiger partial charge is 0.223 e. The molecule has 1 aromatic carbocycles. The van der Waals surface area contributed by atoms with Crippen LogP contribution in [0.15, 0.2) is 41.6 Å². The Morgan fingerprint density at radius 2 is 1.83 bits per heavy atom. The van der Waals surface area contributed by atoms with Crippen molar-refractivity contribution in [3.05, 3.63) is 36.7 Å². The number of anilines is 1. The third-order valence-corrected chi connectivity index (χ3v) is 5.75. The van der Waals surface area contributed by atoms with Crippen LogP contribution in [0.25, 0.3) is 0 Å². The van der Waals surface area contributed by atoms with Gasteiger partial charge in [0.2, 0.25) is 11.9 Å². The van der Waals surface area contributed by atoms with Gasteiger partial charge < -0.3 is 9.80 Å². The third-order valence-electron chi connectivity index (χ3n) is 4.02. The molecule has 0 atom stereocenters. The van der Waals surface area contributed by atoms with Gasteiger partial charge in [0, 0.05) is 32.6 Å². The number of rotatable bonds is 5. The van der Waals surface area contributed by atoms with E-state index in [1.54, 1.807) is 35.2 Å². The number of H-pyrrole nitrogens is 1. The molecular weight excluding hydrogens is 330 g/mol. The average molecular weight is 349 g/mol. The van der Waals surface area contributed by atoms with Crippen molar-refractivity contribution in [2.24, 2.45) is 0 Å². The van der Waals surface area contributed by atoms with E-state index in [0.29, 0.717) is 32.1 Å². The Labute approximate surface area is 140 Å². The molecule has 2 aromatic rings. The first kappa shape index (κ1) is 16.4. The standard InChI is InChI=1S/C15H19N5O3S/c21-14(6-11-24(22,23)13-4-2-1-3-5-13)19-7-9-20(10-8-19)15-16-12-17-18-15/h1-5,12H,6-11H2,(H,16,17,18). The van der Waals surface area contributed by atoms with E-state index in [4.69, 9.17) is 0 Å². The molecule has 2 heterocycles. The van der Waals surface area contributed by atoms with Crippen LogP contribution in [-0.2, 0) is 14.6 Å². The molecule has 3 rings (SSSR count). The van der Waals surface area contributed by atoms with Crippen molar-refractivity contribution < 1.29 is 13.2 Å². The Hall–Kier alpha value is -2.42. The highest BCUT2D eigenvalue weighted by atomic mass is 32.2. The molecule has 0 saturated carbocycles. The second kappa shape index (κ2) is 7.00. The lowest BCUT2D eigenvalue weighted by atomic mass is 10.3. The lowest BCUT2D eigenvalue weighted by molar-refractivity contribution is -0.131. The number of aromatic nitrogens is 3.